The van der Waals surface area contributed by atoms with E-state index >= 15 is 0 Å². The third-order valence-electron chi connectivity index (χ3n) is 4.70. The van der Waals surface area contributed by atoms with Gasteiger partial charge in [0.2, 0.25) is 11.7 Å². The quantitative estimate of drug-likeness (QED) is 0.837. The number of nitrogens with zero attached hydrogens (tertiary/aromatic N) is 2. The molecule has 0 radical (unpaired) electrons. The van der Waals surface area contributed by atoms with Crippen molar-refractivity contribution in [1.29, 1.82) is 0 Å². The van der Waals surface area contributed by atoms with Crippen LogP contribution in [0, 0.1) is 5.92 Å². The van der Waals surface area contributed by atoms with Gasteiger partial charge in [-0.3, -0.25) is 0 Å². The smallest absolute Gasteiger partial charge is 0.228 e. The van der Waals surface area contributed by atoms with Crippen molar-refractivity contribution < 1.29 is 9.26 Å². The minimum Gasteiger partial charge on any atom is -0.367 e. The Hall–Kier alpha value is -0.940. The maximum absolute atomic E-state index is 6.08. The van der Waals surface area contributed by atoms with Gasteiger partial charge in [0, 0.05) is 19.1 Å². The summed E-state index contributed by atoms with van der Waals surface area (Å²) in [5.74, 6) is 2.22. The standard InChI is InChI=1S/C16H29N3O2/c1-5-13(17-4)11-14-18-15(19-21-14)16(20-6-2)9-7-12(3)8-10-16/h12-13,17H,5-11H2,1-4H3. The fraction of sp³-hybridized carbons (Fsp3) is 0.875. The van der Waals surface area contributed by atoms with E-state index < -0.39 is 0 Å². The van der Waals surface area contributed by atoms with Gasteiger partial charge in [-0.1, -0.05) is 19.0 Å². The zero-order valence-corrected chi connectivity index (χ0v) is 13.8. The lowest BCUT2D eigenvalue weighted by Gasteiger charge is -2.36. The zero-order valence-electron chi connectivity index (χ0n) is 13.8. The number of hydrogen-bond donors (Lipinski definition) is 1. The Kier molecular flexibility index (Phi) is 5.76. The van der Waals surface area contributed by atoms with E-state index in [4.69, 9.17) is 9.26 Å². The monoisotopic (exact) mass is 295 g/mol. The molecule has 5 nitrogen and oxygen atoms in total. The Balaban J connectivity index is 2.12. The highest BCUT2D eigenvalue weighted by molar-refractivity contribution is 5.04. The van der Waals surface area contributed by atoms with Gasteiger partial charge < -0.3 is 14.6 Å². The van der Waals surface area contributed by atoms with Crippen LogP contribution in [0.5, 0.6) is 0 Å². The van der Waals surface area contributed by atoms with E-state index in [0.29, 0.717) is 18.5 Å². The van der Waals surface area contributed by atoms with Crippen LogP contribution in [0.2, 0.25) is 0 Å². The summed E-state index contributed by atoms with van der Waals surface area (Å²) in [6.07, 6.45) is 6.13. The van der Waals surface area contributed by atoms with Gasteiger partial charge in [0.15, 0.2) is 0 Å². The van der Waals surface area contributed by atoms with Crippen molar-refractivity contribution in [2.45, 2.75) is 70.9 Å². The Bertz CT molecular complexity index is 421. The molecule has 1 heterocycles. The molecule has 1 aromatic rings. The van der Waals surface area contributed by atoms with E-state index in [9.17, 15) is 0 Å². The number of rotatable bonds is 7. The highest BCUT2D eigenvalue weighted by Crippen LogP contribution is 2.41. The molecule has 5 heteroatoms. The fourth-order valence-corrected chi connectivity index (χ4v) is 3.12. The normalized spacial score (nSPS) is 27.7. The van der Waals surface area contributed by atoms with Crippen molar-refractivity contribution in [2.24, 2.45) is 5.92 Å². The predicted molar refractivity (Wildman–Crippen MR) is 82.1 cm³/mol. The summed E-state index contributed by atoms with van der Waals surface area (Å²) in [4.78, 5) is 4.64. The molecular weight excluding hydrogens is 266 g/mol. The lowest BCUT2D eigenvalue weighted by Crippen LogP contribution is -2.35. The highest BCUT2D eigenvalue weighted by Gasteiger charge is 2.40. The second kappa shape index (κ2) is 7.36. The molecule has 0 bridgehead atoms. The van der Waals surface area contributed by atoms with E-state index in [2.05, 4.69) is 29.3 Å². The second-order valence-corrected chi connectivity index (χ2v) is 6.22. The van der Waals surface area contributed by atoms with Crippen molar-refractivity contribution in [1.82, 2.24) is 15.5 Å². The van der Waals surface area contributed by atoms with E-state index in [1.807, 2.05) is 14.0 Å². The first-order valence-corrected chi connectivity index (χ1v) is 8.27. The van der Waals surface area contributed by atoms with Crippen LogP contribution in [0.25, 0.3) is 0 Å². The summed E-state index contributed by atoms with van der Waals surface area (Å²) in [6, 6.07) is 0.382. The second-order valence-electron chi connectivity index (χ2n) is 6.22. The van der Waals surface area contributed by atoms with E-state index in [1.165, 1.54) is 0 Å². The molecule has 21 heavy (non-hydrogen) atoms. The Morgan fingerprint density at radius 2 is 2.10 bits per heavy atom. The molecule has 120 valence electrons. The van der Waals surface area contributed by atoms with Crippen molar-refractivity contribution >= 4 is 0 Å². The summed E-state index contributed by atoms with van der Waals surface area (Å²) in [7, 11) is 1.97. The average molecular weight is 295 g/mol. The van der Waals surface area contributed by atoms with E-state index in [1.54, 1.807) is 0 Å². The van der Waals surface area contributed by atoms with Gasteiger partial charge in [-0.15, -0.1) is 0 Å². The molecule has 1 aliphatic rings. The van der Waals surface area contributed by atoms with Crippen LogP contribution in [0.15, 0.2) is 4.52 Å². The molecule has 2 rings (SSSR count). The first-order chi connectivity index (χ1) is 10.1. The van der Waals surface area contributed by atoms with Crippen molar-refractivity contribution in [3.63, 3.8) is 0 Å². The molecule has 0 saturated heterocycles. The molecule has 0 aliphatic heterocycles. The van der Waals surface area contributed by atoms with Crippen molar-refractivity contribution in [3.05, 3.63) is 11.7 Å². The molecule has 0 aromatic carbocycles. The molecule has 1 saturated carbocycles. The van der Waals surface area contributed by atoms with Crippen LogP contribution in [-0.2, 0) is 16.8 Å². The van der Waals surface area contributed by atoms with Crippen LogP contribution in [-0.4, -0.2) is 29.8 Å². The number of likely N-dealkylation sites (N-methyl/N-ethyl adjacent to an activating group) is 1. The van der Waals surface area contributed by atoms with Crippen LogP contribution in [0.1, 0.15) is 64.6 Å². The fourth-order valence-electron chi connectivity index (χ4n) is 3.12. The van der Waals surface area contributed by atoms with Crippen molar-refractivity contribution in [3.8, 4) is 0 Å². The first kappa shape index (κ1) is 16.4. The molecule has 1 aromatic heterocycles. The van der Waals surface area contributed by atoms with Gasteiger partial charge in [0.05, 0.1) is 0 Å². The number of hydrogen-bond acceptors (Lipinski definition) is 5. The largest absolute Gasteiger partial charge is 0.367 e. The summed E-state index contributed by atoms with van der Waals surface area (Å²) in [5, 5.41) is 7.51. The van der Waals surface area contributed by atoms with Gasteiger partial charge in [-0.05, 0) is 52.0 Å². The topological polar surface area (TPSA) is 60.2 Å². The minimum absolute atomic E-state index is 0.329. The summed E-state index contributed by atoms with van der Waals surface area (Å²) in [6.45, 7) is 7.18. The molecular formula is C16H29N3O2. The predicted octanol–water partition coefficient (Wildman–Crippen LogP) is 3.05. The Labute approximate surface area is 127 Å². The SMILES string of the molecule is CCOC1(c2noc(CC(CC)NC)n2)CCC(C)CC1. The highest BCUT2D eigenvalue weighted by atomic mass is 16.5. The van der Waals surface area contributed by atoms with Crippen LogP contribution < -0.4 is 5.32 Å². The maximum Gasteiger partial charge on any atom is 0.228 e. The summed E-state index contributed by atoms with van der Waals surface area (Å²) >= 11 is 0. The lowest BCUT2D eigenvalue weighted by molar-refractivity contribution is -0.0847. The van der Waals surface area contributed by atoms with Crippen molar-refractivity contribution in [2.75, 3.05) is 13.7 Å². The molecule has 0 amide bonds. The number of aromatic nitrogens is 2. The molecule has 1 atom stereocenters. The zero-order chi connectivity index (χ0) is 15.3. The summed E-state index contributed by atoms with van der Waals surface area (Å²) < 4.78 is 11.5. The van der Waals surface area contributed by atoms with Gasteiger partial charge in [-0.25, -0.2) is 0 Å². The maximum atomic E-state index is 6.08. The average Bonchev–Trinajstić information content (AvgIpc) is 2.97. The first-order valence-electron chi connectivity index (χ1n) is 8.27. The van der Waals surface area contributed by atoms with Gasteiger partial charge in [-0.2, -0.15) is 4.98 Å². The third-order valence-corrected chi connectivity index (χ3v) is 4.70. The Morgan fingerprint density at radius 1 is 1.38 bits per heavy atom. The molecule has 1 unspecified atom stereocenters. The summed E-state index contributed by atoms with van der Waals surface area (Å²) in [5.41, 5.74) is -0.329. The minimum atomic E-state index is -0.329. The molecule has 0 spiro atoms. The Morgan fingerprint density at radius 3 is 2.67 bits per heavy atom. The van der Waals surface area contributed by atoms with Gasteiger partial charge in [0.1, 0.15) is 5.60 Å². The van der Waals surface area contributed by atoms with E-state index in [0.717, 1.165) is 50.3 Å². The van der Waals surface area contributed by atoms with Crippen LogP contribution in [0.4, 0.5) is 0 Å². The molecule has 1 aliphatic carbocycles. The van der Waals surface area contributed by atoms with E-state index in [-0.39, 0.29) is 5.60 Å². The van der Waals surface area contributed by atoms with Crippen LogP contribution in [0.3, 0.4) is 0 Å². The van der Waals surface area contributed by atoms with Gasteiger partial charge >= 0.3 is 0 Å². The van der Waals surface area contributed by atoms with Gasteiger partial charge in [0.25, 0.3) is 0 Å². The molecule has 1 fully saturated rings. The van der Waals surface area contributed by atoms with Crippen LogP contribution >= 0.6 is 0 Å². The third kappa shape index (κ3) is 3.83. The number of nitrogens with one attached hydrogen (secondary N) is 1. The number of ether oxygens (including phenoxy) is 1. The molecule has 1 N–H and O–H groups in total. The lowest BCUT2D eigenvalue weighted by atomic mass is 9.79.